The SMILES string of the molecule is O=C(Nc1cc(Br)ccc1-n1cccn1)c1cc(F)ccc1F. The van der Waals surface area contributed by atoms with E-state index in [2.05, 4.69) is 26.3 Å². The lowest BCUT2D eigenvalue weighted by Gasteiger charge is -2.12. The molecule has 1 aromatic heterocycles. The molecule has 2 aromatic carbocycles. The van der Waals surface area contributed by atoms with Crippen LogP contribution in [0.5, 0.6) is 0 Å². The number of rotatable bonds is 3. The molecule has 3 rings (SSSR count). The molecule has 4 nitrogen and oxygen atoms in total. The second-order valence-electron chi connectivity index (χ2n) is 4.69. The van der Waals surface area contributed by atoms with E-state index in [0.717, 1.165) is 22.7 Å². The van der Waals surface area contributed by atoms with Gasteiger partial charge >= 0.3 is 0 Å². The lowest BCUT2D eigenvalue weighted by molar-refractivity contribution is 0.102. The van der Waals surface area contributed by atoms with Crippen molar-refractivity contribution in [2.24, 2.45) is 0 Å². The van der Waals surface area contributed by atoms with Gasteiger partial charge in [0.05, 0.1) is 16.9 Å². The number of halogens is 3. The van der Waals surface area contributed by atoms with Gasteiger partial charge in [0.1, 0.15) is 11.6 Å². The molecular weight excluding hydrogens is 368 g/mol. The van der Waals surface area contributed by atoms with Crippen LogP contribution in [-0.4, -0.2) is 15.7 Å². The average molecular weight is 378 g/mol. The summed E-state index contributed by atoms with van der Waals surface area (Å²) in [6, 6.07) is 9.66. The van der Waals surface area contributed by atoms with Crippen LogP contribution in [0.3, 0.4) is 0 Å². The zero-order chi connectivity index (χ0) is 16.4. The van der Waals surface area contributed by atoms with Crippen molar-refractivity contribution in [1.29, 1.82) is 0 Å². The topological polar surface area (TPSA) is 46.9 Å². The summed E-state index contributed by atoms with van der Waals surface area (Å²) in [4.78, 5) is 12.3. The van der Waals surface area contributed by atoms with Crippen molar-refractivity contribution in [1.82, 2.24) is 9.78 Å². The highest BCUT2D eigenvalue weighted by atomic mass is 79.9. The molecule has 7 heteroatoms. The molecule has 0 saturated heterocycles. The van der Waals surface area contributed by atoms with Crippen LogP contribution >= 0.6 is 15.9 Å². The van der Waals surface area contributed by atoms with E-state index in [1.807, 2.05) is 0 Å². The third-order valence-corrected chi connectivity index (χ3v) is 3.62. The standard InChI is InChI=1S/C16H10BrF2N3O/c17-10-2-5-15(22-7-1-6-20-22)14(8-10)21-16(23)12-9-11(18)3-4-13(12)19/h1-9H,(H,21,23). The highest BCUT2D eigenvalue weighted by Gasteiger charge is 2.15. The molecule has 1 amide bonds. The van der Waals surface area contributed by atoms with Crippen molar-refractivity contribution < 1.29 is 13.6 Å². The van der Waals surface area contributed by atoms with Crippen LogP contribution in [0.2, 0.25) is 0 Å². The zero-order valence-electron chi connectivity index (χ0n) is 11.6. The van der Waals surface area contributed by atoms with E-state index in [1.165, 1.54) is 0 Å². The van der Waals surface area contributed by atoms with Crippen molar-refractivity contribution in [2.75, 3.05) is 5.32 Å². The minimum absolute atomic E-state index is 0.364. The maximum Gasteiger partial charge on any atom is 0.258 e. The van der Waals surface area contributed by atoms with Gasteiger partial charge in [0.25, 0.3) is 5.91 Å². The summed E-state index contributed by atoms with van der Waals surface area (Å²) in [7, 11) is 0. The molecule has 1 heterocycles. The largest absolute Gasteiger partial charge is 0.320 e. The number of carbonyl (C=O) groups excluding carboxylic acids is 1. The van der Waals surface area contributed by atoms with E-state index >= 15 is 0 Å². The number of benzene rings is 2. The molecule has 1 N–H and O–H groups in total. The van der Waals surface area contributed by atoms with Gasteiger partial charge in [-0.2, -0.15) is 5.10 Å². The van der Waals surface area contributed by atoms with Crippen molar-refractivity contribution in [2.45, 2.75) is 0 Å². The third-order valence-electron chi connectivity index (χ3n) is 3.13. The molecule has 3 aromatic rings. The van der Waals surface area contributed by atoms with E-state index in [0.29, 0.717) is 11.4 Å². The molecule has 0 bridgehead atoms. The second kappa shape index (κ2) is 6.29. The fourth-order valence-electron chi connectivity index (χ4n) is 2.08. The van der Waals surface area contributed by atoms with Crippen LogP contribution in [0.15, 0.2) is 59.3 Å². The third kappa shape index (κ3) is 3.29. The Morgan fingerprint density at radius 1 is 1.17 bits per heavy atom. The highest BCUT2D eigenvalue weighted by Crippen LogP contribution is 2.25. The lowest BCUT2D eigenvalue weighted by atomic mass is 10.2. The Morgan fingerprint density at radius 3 is 2.74 bits per heavy atom. The number of nitrogens with zero attached hydrogens (tertiary/aromatic N) is 2. The van der Waals surface area contributed by atoms with Crippen molar-refractivity contribution >= 4 is 27.5 Å². The summed E-state index contributed by atoms with van der Waals surface area (Å²) in [6.07, 6.45) is 3.31. The van der Waals surface area contributed by atoms with Gasteiger partial charge in [-0.05, 0) is 42.5 Å². The number of hydrogen-bond donors (Lipinski definition) is 1. The van der Waals surface area contributed by atoms with E-state index in [4.69, 9.17) is 0 Å². The number of anilines is 1. The summed E-state index contributed by atoms with van der Waals surface area (Å²) in [6.45, 7) is 0. The fraction of sp³-hybridized carbons (Fsp3) is 0. The van der Waals surface area contributed by atoms with Crippen molar-refractivity contribution in [3.8, 4) is 5.69 Å². The maximum absolute atomic E-state index is 13.7. The Balaban J connectivity index is 1.98. The molecule has 0 spiro atoms. The van der Waals surface area contributed by atoms with Gasteiger partial charge in [0.15, 0.2) is 0 Å². The first-order chi connectivity index (χ1) is 11.0. The Bertz CT molecular complexity index is 866. The van der Waals surface area contributed by atoms with Crippen LogP contribution in [0.1, 0.15) is 10.4 Å². The first-order valence-corrected chi connectivity index (χ1v) is 7.40. The van der Waals surface area contributed by atoms with Crippen LogP contribution in [-0.2, 0) is 0 Å². The Kier molecular flexibility index (Phi) is 4.20. The Labute approximate surface area is 138 Å². The van der Waals surface area contributed by atoms with Crippen molar-refractivity contribution in [3.63, 3.8) is 0 Å². The van der Waals surface area contributed by atoms with Crippen molar-refractivity contribution in [3.05, 3.63) is 76.5 Å². The smallest absolute Gasteiger partial charge is 0.258 e. The van der Waals surface area contributed by atoms with Crippen LogP contribution in [0, 0.1) is 11.6 Å². The number of hydrogen-bond acceptors (Lipinski definition) is 2. The molecule has 116 valence electrons. The van der Waals surface area contributed by atoms with Gasteiger partial charge in [-0.15, -0.1) is 0 Å². The maximum atomic E-state index is 13.7. The Hall–Kier alpha value is -2.54. The monoisotopic (exact) mass is 377 g/mol. The summed E-state index contributed by atoms with van der Waals surface area (Å²) in [5.41, 5.74) is 0.650. The summed E-state index contributed by atoms with van der Waals surface area (Å²) >= 11 is 3.32. The summed E-state index contributed by atoms with van der Waals surface area (Å²) < 4.78 is 29.3. The molecule has 0 radical (unpaired) electrons. The predicted octanol–water partition coefficient (Wildman–Crippen LogP) is 4.17. The number of amides is 1. The van der Waals surface area contributed by atoms with Crippen LogP contribution < -0.4 is 5.32 Å². The molecule has 0 unspecified atom stereocenters. The minimum atomic E-state index is -0.792. The first kappa shape index (κ1) is 15.4. The zero-order valence-corrected chi connectivity index (χ0v) is 13.2. The summed E-state index contributed by atoms with van der Waals surface area (Å²) in [5, 5.41) is 6.69. The molecular formula is C16H10BrF2N3O. The highest BCUT2D eigenvalue weighted by molar-refractivity contribution is 9.10. The van der Waals surface area contributed by atoms with Gasteiger partial charge in [-0.1, -0.05) is 15.9 Å². The average Bonchev–Trinajstić information content (AvgIpc) is 3.04. The molecule has 0 aliphatic rings. The second-order valence-corrected chi connectivity index (χ2v) is 5.61. The molecule has 23 heavy (non-hydrogen) atoms. The number of nitrogens with one attached hydrogen (secondary N) is 1. The van der Waals surface area contributed by atoms with Gasteiger partial charge in [-0.3, -0.25) is 4.79 Å². The normalized spacial score (nSPS) is 10.6. The van der Waals surface area contributed by atoms with E-state index < -0.39 is 17.5 Å². The van der Waals surface area contributed by atoms with Crippen LogP contribution in [0.4, 0.5) is 14.5 Å². The molecule has 0 saturated carbocycles. The molecule has 0 aliphatic heterocycles. The van der Waals surface area contributed by atoms with E-state index in [-0.39, 0.29) is 5.56 Å². The number of aromatic nitrogens is 2. The molecule has 0 aliphatic carbocycles. The summed E-state index contributed by atoms with van der Waals surface area (Å²) in [5.74, 6) is -2.22. The van der Waals surface area contributed by atoms with Gasteiger partial charge < -0.3 is 5.32 Å². The van der Waals surface area contributed by atoms with Gasteiger partial charge in [-0.25, -0.2) is 13.5 Å². The first-order valence-electron chi connectivity index (χ1n) is 6.60. The van der Waals surface area contributed by atoms with Gasteiger partial charge in [0.2, 0.25) is 0 Å². The Morgan fingerprint density at radius 2 is 2.00 bits per heavy atom. The minimum Gasteiger partial charge on any atom is -0.320 e. The van der Waals surface area contributed by atoms with E-state index in [1.54, 1.807) is 41.3 Å². The predicted molar refractivity (Wildman–Crippen MR) is 85.6 cm³/mol. The van der Waals surface area contributed by atoms with E-state index in [9.17, 15) is 13.6 Å². The quantitative estimate of drug-likeness (QED) is 0.744. The molecule has 0 fully saturated rings. The van der Waals surface area contributed by atoms with Crippen LogP contribution in [0.25, 0.3) is 5.69 Å². The lowest BCUT2D eigenvalue weighted by Crippen LogP contribution is -2.16. The van der Waals surface area contributed by atoms with Gasteiger partial charge in [0, 0.05) is 16.9 Å². The number of carbonyl (C=O) groups is 1. The molecule has 0 atom stereocenters. The fourth-order valence-corrected chi connectivity index (χ4v) is 2.44.